The van der Waals surface area contributed by atoms with Crippen LogP contribution in [0.25, 0.3) is 0 Å². The molecule has 74 valence electrons. The second-order valence-electron chi connectivity index (χ2n) is 2.52. The molecule has 13 heavy (non-hydrogen) atoms. The van der Waals surface area contributed by atoms with Crippen LogP contribution in [0, 0.1) is 0 Å². The zero-order chi connectivity index (χ0) is 9.68. The van der Waals surface area contributed by atoms with Crippen molar-refractivity contribution in [2.75, 3.05) is 12.0 Å². The highest BCUT2D eigenvalue weighted by atomic mass is 32.2. The minimum absolute atomic E-state index is 0.222. The molecule has 0 radical (unpaired) electrons. The van der Waals surface area contributed by atoms with Crippen molar-refractivity contribution < 1.29 is 5.11 Å². The maximum atomic E-state index is 9.03. The van der Waals surface area contributed by atoms with E-state index in [9.17, 15) is 0 Å². The molecule has 0 spiro atoms. The molecule has 3 nitrogen and oxygen atoms in total. The molecule has 0 amide bonds. The summed E-state index contributed by atoms with van der Waals surface area (Å²) in [4.78, 5) is 0. The smallest absolute Gasteiger partial charge is 0.175 e. The number of hydrogen-bond donors (Lipinski definition) is 1. The molecule has 1 unspecified atom stereocenters. The molecule has 6 heteroatoms. The number of rotatable bonds is 5. The normalized spacial score (nSPS) is 13.2. The van der Waals surface area contributed by atoms with Crippen molar-refractivity contribution in [3.8, 4) is 0 Å². The Morgan fingerprint density at radius 1 is 1.46 bits per heavy atom. The van der Waals surface area contributed by atoms with Gasteiger partial charge >= 0.3 is 0 Å². The van der Waals surface area contributed by atoms with E-state index in [0.717, 1.165) is 20.9 Å². The van der Waals surface area contributed by atoms with Gasteiger partial charge in [-0.3, -0.25) is 0 Å². The van der Waals surface area contributed by atoms with E-state index in [1.165, 1.54) is 0 Å². The van der Waals surface area contributed by atoms with E-state index in [-0.39, 0.29) is 6.10 Å². The first-order valence-electron chi connectivity index (χ1n) is 3.90. The zero-order valence-electron chi connectivity index (χ0n) is 7.56. The van der Waals surface area contributed by atoms with Crippen molar-refractivity contribution in [2.24, 2.45) is 0 Å². The molecule has 1 aromatic rings. The van der Waals surface area contributed by atoms with E-state index in [0.29, 0.717) is 0 Å². The second kappa shape index (κ2) is 5.85. The van der Waals surface area contributed by atoms with Crippen molar-refractivity contribution >= 4 is 34.9 Å². The molecule has 0 saturated heterocycles. The van der Waals surface area contributed by atoms with Crippen molar-refractivity contribution in [1.82, 2.24) is 10.2 Å². The standard InChI is InChI=1S/C7H12N2OS3/c1-5(10)3-4-12-7-9-8-6(11-2)13-7/h5,10H,3-4H2,1-2H3. The molecule has 1 atom stereocenters. The highest BCUT2D eigenvalue weighted by Gasteiger charge is 2.03. The largest absolute Gasteiger partial charge is 0.393 e. The Morgan fingerprint density at radius 3 is 2.69 bits per heavy atom. The second-order valence-corrected chi connectivity index (χ2v) is 5.90. The van der Waals surface area contributed by atoms with Crippen LogP contribution in [0.15, 0.2) is 8.68 Å². The fourth-order valence-corrected chi connectivity index (χ4v) is 3.27. The van der Waals surface area contributed by atoms with Crippen LogP contribution < -0.4 is 0 Å². The SMILES string of the molecule is CSc1nnc(SCCC(C)O)s1. The summed E-state index contributed by atoms with van der Waals surface area (Å²) >= 11 is 4.87. The average Bonchev–Trinajstić information content (AvgIpc) is 2.52. The molecular formula is C7H12N2OS3. The summed E-state index contributed by atoms with van der Waals surface area (Å²) in [5.41, 5.74) is 0. The van der Waals surface area contributed by atoms with E-state index < -0.39 is 0 Å². The Bertz CT molecular complexity index is 252. The molecule has 0 aliphatic rings. The monoisotopic (exact) mass is 236 g/mol. The van der Waals surface area contributed by atoms with Crippen LogP contribution in [0.5, 0.6) is 0 Å². The van der Waals surface area contributed by atoms with Gasteiger partial charge in [-0.2, -0.15) is 0 Å². The summed E-state index contributed by atoms with van der Waals surface area (Å²) in [5, 5.41) is 17.0. The summed E-state index contributed by atoms with van der Waals surface area (Å²) in [6.45, 7) is 1.80. The van der Waals surface area contributed by atoms with Gasteiger partial charge in [-0.05, 0) is 19.6 Å². The maximum Gasteiger partial charge on any atom is 0.175 e. The van der Waals surface area contributed by atoms with Gasteiger partial charge in [0.25, 0.3) is 0 Å². The van der Waals surface area contributed by atoms with E-state index in [4.69, 9.17) is 5.11 Å². The Morgan fingerprint density at radius 2 is 2.15 bits per heavy atom. The quantitative estimate of drug-likeness (QED) is 0.794. The van der Waals surface area contributed by atoms with Gasteiger partial charge in [-0.15, -0.1) is 10.2 Å². The van der Waals surface area contributed by atoms with E-state index in [1.54, 1.807) is 41.8 Å². The summed E-state index contributed by atoms with van der Waals surface area (Å²) in [5.74, 6) is 0.903. The van der Waals surface area contributed by atoms with E-state index in [2.05, 4.69) is 10.2 Å². The van der Waals surface area contributed by atoms with Crippen LogP contribution in [0.2, 0.25) is 0 Å². The van der Waals surface area contributed by atoms with Gasteiger partial charge in [0.05, 0.1) is 6.10 Å². The molecule has 0 bridgehead atoms. The van der Waals surface area contributed by atoms with Gasteiger partial charge in [0.2, 0.25) is 0 Å². The van der Waals surface area contributed by atoms with Crippen LogP contribution in [0.3, 0.4) is 0 Å². The summed E-state index contributed by atoms with van der Waals surface area (Å²) in [6.07, 6.45) is 2.57. The topological polar surface area (TPSA) is 46.0 Å². The average molecular weight is 236 g/mol. The first-order valence-corrected chi connectivity index (χ1v) is 6.93. The Hall–Kier alpha value is 0.220. The van der Waals surface area contributed by atoms with Crippen LogP contribution in [-0.4, -0.2) is 33.4 Å². The van der Waals surface area contributed by atoms with Gasteiger partial charge in [0.15, 0.2) is 8.68 Å². The Kier molecular flexibility index (Phi) is 5.08. The first kappa shape index (κ1) is 11.3. The molecule has 1 aromatic heterocycles. The zero-order valence-corrected chi connectivity index (χ0v) is 10.0. The molecule has 1 rings (SSSR count). The summed E-state index contributed by atoms with van der Waals surface area (Å²) < 4.78 is 1.99. The Balaban J connectivity index is 2.28. The Labute approximate surface area is 90.3 Å². The fraction of sp³-hybridized carbons (Fsp3) is 0.714. The number of aliphatic hydroxyl groups is 1. The van der Waals surface area contributed by atoms with Gasteiger partial charge in [-0.25, -0.2) is 0 Å². The number of aliphatic hydroxyl groups excluding tert-OH is 1. The maximum absolute atomic E-state index is 9.03. The number of nitrogens with zero attached hydrogens (tertiary/aromatic N) is 2. The minimum atomic E-state index is -0.222. The van der Waals surface area contributed by atoms with E-state index in [1.807, 2.05) is 6.26 Å². The lowest BCUT2D eigenvalue weighted by molar-refractivity contribution is 0.192. The molecule has 1 N–H and O–H groups in total. The number of aromatic nitrogens is 2. The highest BCUT2D eigenvalue weighted by Crippen LogP contribution is 2.27. The lowest BCUT2D eigenvalue weighted by Crippen LogP contribution is -1.99. The van der Waals surface area contributed by atoms with E-state index >= 15 is 0 Å². The van der Waals surface area contributed by atoms with Crippen LogP contribution in [-0.2, 0) is 0 Å². The van der Waals surface area contributed by atoms with Gasteiger partial charge in [0, 0.05) is 5.75 Å². The number of hydrogen-bond acceptors (Lipinski definition) is 6. The third-order valence-electron chi connectivity index (χ3n) is 1.32. The van der Waals surface area contributed by atoms with Crippen molar-refractivity contribution in [1.29, 1.82) is 0 Å². The predicted octanol–water partition coefficient (Wildman–Crippen LogP) is 2.12. The molecule has 0 aliphatic heterocycles. The predicted molar refractivity (Wildman–Crippen MR) is 58.7 cm³/mol. The number of thioether (sulfide) groups is 2. The first-order chi connectivity index (χ1) is 6.22. The van der Waals surface area contributed by atoms with Crippen LogP contribution >= 0.6 is 34.9 Å². The lowest BCUT2D eigenvalue weighted by Gasteiger charge is -1.99. The minimum Gasteiger partial charge on any atom is -0.393 e. The molecule has 0 fully saturated rings. The van der Waals surface area contributed by atoms with Crippen molar-refractivity contribution in [2.45, 2.75) is 28.1 Å². The molecule has 1 heterocycles. The van der Waals surface area contributed by atoms with Crippen LogP contribution in [0.4, 0.5) is 0 Å². The van der Waals surface area contributed by atoms with Crippen molar-refractivity contribution in [3.05, 3.63) is 0 Å². The third-order valence-corrected chi connectivity index (χ3v) is 4.39. The van der Waals surface area contributed by atoms with Gasteiger partial charge in [0.1, 0.15) is 0 Å². The summed E-state index contributed by atoms with van der Waals surface area (Å²) in [7, 11) is 0. The van der Waals surface area contributed by atoms with Crippen LogP contribution in [0.1, 0.15) is 13.3 Å². The molecular weight excluding hydrogens is 224 g/mol. The van der Waals surface area contributed by atoms with Crippen molar-refractivity contribution in [3.63, 3.8) is 0 Å². The van der Waals surface area contributed by atoms with Gasteiger partial charge < -0.3 is 5.11 Å². The third kappa shape index (κ3) is 4.30. The van der Waals surface area contributed by atoms with Gasteiger partial charge in [-0.1, -0.05) is 34.9 Å². The summed E-state index contributed by atoms with van der Waals surface area (Å²) in [6, 6.07) is 0. The molecule has 0 aliphatic carbocycles. The molecule has 0 aromatic carbocycles. The molecule has 0 saturated carbocycles. The fourth-order valence-electron chi connectivity index (χ4n) is 0.655. The lowest BCUT2D eigenvalue weighted by atomic mass is 10.3. The highest BCUT2D eigenvalue weighted by molar-refractivity contribution is 8.02.